The molecule has 0 heterocycles. The fourth-order valence-corrected chi connectivity index (χ4v) is 2.86. The van der Waals surface area contributed by atoms with Gasteiger partial charge in [-0.05, 0) is 29.0 Å². The smallest absolute Gasteiger partial charge is 0.120 e. The maximum absolute atomic E-state index is 11.6. The normalized spacial score (nSPS) is 16.3. The predicted molar refractivity (Wildman–Crippen MR) is 86.0 cm³/mol. The maximum atomic E-state index is 11.6. The summed E-state index contributed by atoms with van der Waals surface area (Å²) in [6, 6.07) is 17.2. The first-order valence-electron chi connectivity index (χ1n) is 7.34. The summed E-state index contributed by atoms with van der Waals surface area (Å²) in [7, 11) is 0. The van der Waals surface area contributed by atoms with E-state index in [0.29, 0.717) is 0 Å². The average Bonchev–Trinajstić information content (AvgIpc) is 2.46. The van der Waals surface area contributed by atoms with Gasteiger partial charge in [0.2, 0.25) is 0 Å². The first-order chi connectivity index (χ1) is 9.78. The predicted octanol–water partition coefficient (Wildman–Crippen LogP) is 4.02. The Morgan fingerprint density at radius 3 is 1.90 bits per heavy atom. The Labute approximate surface area is 127 Å². The molecule has 0 aliphatic rings. The number of hydrogen-bond donors (Lipinski definition) is 2. The third-order valence-electron chi connectivity index (χ3n) is 4.08. The van der Waals surface area contributed by atoms with E-state index >= 15 is 0 Å². The molecule has 2 heteroatoms. The summed E-state index contributed by atoms with van der Waals surface area (Å²) in [5.74, 6) is 0. The standard InChI is InChI=1S/C19H24O2/c1-14(20)16-12-8-9-13-17(16)19(21,18(2,3)4)15-10-6-5-7-11-15/h5-14,20-21H,1-4H3/t14-,19-/m0/s1. The van der Waals surface area contributed by atoms with Gasteiger partial charge in [-0.2, -0.15) is 0 Å². The molecule has 112 valence electrons. The van der Waals surface area contributed by atoms with Gasteiger partial charge in [0.15, 0.2) is 0 Å². The second-order valence-electron chi connectivity index (χ2n) is 6.59. The van der Waals surface area contributed by atoms with Gasteiger partial charge in [-0.3, -0.25) is 0 Å². The summed E-state index contributed by atoms with van der Waals surface area (Å²) in [4.78, 5) is 0. The molecule has 2 N–H and O–H groups in total. The summed E-state index contributed by atoms with van der Waals surface area (Å²) >= 11 is 0. The maximum Gasteiger partial charge on any atom is 0.120 e. The largest absolute Gasteiger partial charge is 0.389 e. The Kier molecular flexibility index (Phi) is 4.22. The Morgan fingerprint density at radius 1 is 0.857 bits per heavy atom. The van der Waals surface area contributed by atoms with E-state index < -0.39 is 17.1 Å². The lowest BCUT2D eigenvalue weighted by atomic mass is 9.67. The minimum absolute atomic E-state index is 0.417. The molecule has 0 spiro atoms. The van der Waals surface area contributed by atoms with Crippen molar-refractivity contribution >= 4 is 0 Å². The number of aliphatic hydroxyl groups is 2. The molecule has 2 nitrogen and oxygen atoms in total. The topological polar surface area (TPSA) is 40.5 Å². The molecule has 2 aromatic rings. The number of hydrogen-bond acceptors (Lipinski definition) is 2. The van der Waals surface area contributed by atoms with E-state index in [4.69, 9.17) is 0 Å². The highest BCUT2D eigenvalue weighted by Crippen LogP contribution is 2.46. The molecular formula is C19H24O2. The van der Waals surface area contributed by atoms with Crippen molar-refractivity contribution in [3.05, 3.63) is 71.3 Å². The first-order valence-corrected chi connectivity index (χ1v) is 7.34. The van der Waals surface area contributed by atoms with Crippen LogP contribution < -0.4 is 0 Å². The van der Waals surface area contributed by atoms with E-state index in [1.54, 1.807) is 6.92 Å². The molecule has 0 radical (unpaired) electrons. The summed E-state index contributed by atoms with van der Waals surface area (Å²) in [5, 5.41) is 21.7. The number of benzene rings is 2. The van der Waals surface area contributed by atoms with Crippen LogP contribution in [0.2, 0.25) is 0 Å². The van der Waals surface area contributed by atoms with Gasteiger partial charge in [0, 0.05) is 0 Å². The van der Waals surface area contributed by atoms with Crippen molar-refractivity contribution in [2.45, 2.75) is 39.4 Å². The van der Waals surface area contributed by atoms with Crippen molar-refractivity contribution in [1.82, 2.24) is 0 Å². The quantitative estimate of drug-likeness (QED) is 0.893. The van der Waals surface area contributed by atoms with Crippen LogP contribution in [0.1, 0.15) is 50.5 Å². The van der Waals surface area contributed by atoms with Crippen LogP contribution in [-0.2, 0) is 5.60 Å². The zero-order chi connectivity index (χ0) is 15.7. The lowest BCUT2D eigenvalue weighted by molar-refractivity contribution is -0.0280. The molecule has 0 saturated carbocycles. The molecule has 0 fully saturated rings. The lowest BCUT2D eigenvalue weighted by Crippen LogP contribution is -2.42. The Balaban J connectivity index is 2.74. The third-order valence-corrected chi connectivity index (χ3v) is 4.08. The molecule has 0 unspecified atom stereocenters. The molecular weight excluding hydrogens is 260 g/mol. The summed E-state index contributed by atoms with van der Waals surface area (Å²) < 4.78 is 0. The zero-order valence-corrected chi connectivity index (χ0v) is 13.2. The monoisotopic (exact) mass is 284 g/mol. The summed E-state index contributed by atoms with van der Waals surface area (Å²) in [6.07, 6.45) is -0.626. The zero-order valence-electron chi connectivity index (χ0n) is 13.2. The minimum atomic E-state index is -1.16. The molecule has 0 aliphatic heterocycles. The number of aliphatic hydroxyl groups excluding tert-OH is 1. The highest BCUT2D eigenvalue weighted by molar-refractivity contribution is 5.43. The van der Waals surface area contributed by atoms with Gasteiger partial charge in [-0.1, -0.05) is 75.4 Å². The highest BCUT2D eigenvalue weighted by Gasteiger charge is 2.44. The molecule has 21 heavy (non-hydrogen) atoms. The van der Waals surface area contributed by atoms with E-state index in [9.17, 15) is 10.2 Å². The molecule has 2 atom stereocenters. The molecule has 0 saturated heterocycles. The van der Waals surface area contributed by atoms with Crippen molar-refractivity contribution in [1.29, 1.82) is 0 Å². The van der Waals surface area contributed by atoms with Crippen LogP contribution in [-0.4, -0.2) is 10.2 Å². The first kappa shape index (κ1) is 15.7. The summed E-state index contributed by atoms with van der Waals surface area (Å²) in [6.45, 7) is 7.77. The van der Waals surface area contributed by atoms with Gasteiger partial charge in [-0.15, -0.1) is 0 Å². The molecule has 0 bridgehead atoms. The van der Waals surface area contributed by atoms with Crippen molar-refractivity contribution in [3.63, 3.8) is 0 Å². The SMILES string of the molecule is C[C@H](O)c1ccccc1[C@@](O)(c1ccccc1)C(C)(C)C. The van der Waals surface area contributed by atoms with Crippen molar-refractivity contribution in [2.75, 3.05) is 0 Å². The van der Waals surface area contributed by atoms with Gasteiger partial charge in [0.1, 0.15) is 5.60 Å². The van der Waals surface area contributed by atoms with Crippen LogP contribution in [0, 0.1) is 5.41 Å². The average molecular weight is 284 g/mol. The number of rotatable bonds is 3. The van der Waals surface area contributed by atoms with Crippen LogP contribution in [0.15, 0.2) is 54.6 Å². The molecule has 0 aliphatic carbocycles. The Bertz CT molecular complexity index is 596. The van der Waals surface area contributed by atoms with Gasteiger partial charge in [-0.25, -0.2) is 0 Å². The molecule has 2 rings (SSSR count). The van der Waals surface area contributed by atoms with E-state index in [1.807, 2.05) is 75.4 Å². The fraction of sp³-hybridized carbons (Fsp3) is 0.368. The third kappa shape index (κ3) is 2.74. The van der Waals surface area contributed by atoms with Gasteiger partial charge in [0.05, 0.1) is 6.10 Å². The van der Waals surface area contributed by atoms with E-state index in [0.717, 1.165) is 16.7 Å². The molecule has 0 aromatic heterocycles. The van der Waals surface area contributed by atoms with Crippen LogP contribution in [0.3, 0.4) is 0 Å². The van der Waals surface area contributed by atoms with Crippen LogP contribution in [0.25, 0.3) is 0 Å². The second-order valence-corrected chi connectivity index (χ2v) is 6.59. The van der Waals surface area contributed by atoms with E-state index in [2.05, 4.69) is 0 Å². The Morgan fingerprint density at radius 2 is 1.38 bits per heavy atom. The van der Waals surface area contributed by atoms with Gasteiger partial charge >= 0.3 is 0 Å². The molecule has 0 amide bonds. The summed E-state index contributed by atoms with van der Waals surface area (Å²) in [5.41, 5.74) is 0.782. The second kappa shape index (κ2) is 5.63. The van der Waals surface area contributed by atoms with Gasteiger partial charge in [0.25, 0.3) is 0 Å². The fourth-order valence-electron chi connectivity index (χ4n) is 2.86. The van der Waals surface area contributed by atoms with Crippen molar-refractivity contribution in [2.24, 2.45) is 5.41 Å². The molecule has 2 aromatic carbocycles. The van der Waals surface area contributed by atoms with E-state index in [-0.39, 0.29) is 0 Å². The van der Waals surface area contributed by atoms with Crippen LogP contribution in [0.4, 0.5) is 0 Å². The Hall–Kier alpha value is -1.64. The van der Waals surface area contributed by atoms with Gasteiger partial charge < -0.3 is 10.2 Å². The van der Waals surface area contributed by atoms with Crippen molar-refractivity contribution < 1.29 is 10.2 Å². The lowest BCUT2D eigenvalue weighted by Gasteiger charge is -2.42. The van der Waals surface area contributed by atoms with E-state index in [1.165, 1.54) is 0 Å². The van der Waals surface area contributed by atoms with Crippen LogP contribution in [0.5, 0.6) is 0 Å². The van der Waals surface area contributed by atoms with Crippen molar-refractivity contribution in [3.8, 4) is 0 Å². The highest BCUT2D eigenvalue weighted by atomic mass is 16.3. The minimum Gasteiger partial charge on any atom is -0.389 e. The van der Waals surface area contributed by atoms with Crippen LogP contribution >= 0.6 is 0 Å².